The van der Waals surface area contributed by atoms with Crippen LogP contribution in [0.25, 0.3) is 6.08 Å². The molecule has 0 aliphatic carbocycles. The highest BCUT2D eigenvalue weighted by Crippen LogP contribution is 2.34. The van der Waals surface area contributed by atoms with Gasteiger partial charge in [-0.1, -0.05) is 12.1 Å². The normalized spacial score (nSPS) is 18.0. The summed E-state index contributed by atoms with van der Waals surface area (Å²) in [5, 5.41) is -0.463. The minimum atomic E-state index is -0.928. The van der Waals surface area contributed by atoms with Crippen LogP contribution in [0, 0.1) is 0 Å². The van der Waals surface area contributed by atoms with E-state index in [0.717, 1.165) is 27.1 Å². The Morgan fingerprint density at radius 2 is 1.95 bits per heavy atom. The molecule has 1 aromatic rings. The van der Waals surface area contributed by atoms with E-state index < -0.39 is 23.2 Å². The fraction of sp³-hybridized carbons (Fsp3) is 0.267. The first-order chi connectivity index (χ1) is 10.5. The van der Waals surface area contributed by atoms with Crippen LogP contribution >= 0.6 is 23.5 Å². The van der Waals surface area contributed by atoms with Gasteiger partial charge in [-0.15, -0.1) is 11.8 Å². The molecule has 116 valence electrons. The van der Waals surface area contributed by atoms with Gasteiger partial charge >= 0.3 is 5.97 Å². The Bertz CT molecular complexity index is 639. The average molecular weight is 337 g/mol. The van der Waals surface area contributed by atoms with Crippen LogP contribution in [0.15, 0.2) is 34.1 Å². The molecule has 0 radical (unpaired) electrons. The van der Waals surface area contributed by atoms with Crippen molar-refractivity contribution >= 4 is 46.7 Å². The van der Waals surface area contributed by atoms with Gasteiger partial charge in [-0.05, 0) is 48.7 Å². The minimum absolute atomic E-state index is 0.303. The highest BCUT2D eigenvalue weighted by atomic mass is 32.2. The zero-order valence-corrected chi connectivity index (χ0v) is 14.0. The van der Waals surface area contributed by atoms with Crippen molar-refractivity contribution in [3.8, 4) is 0 Å². The molecule has 1 aliphatic rings. The predicted octanol–water partition coefficient (Wildman–Crippen LogP) is 3.01. The molecule has 1 aliphatic heterocycles. The van der Waals surface area contributed by atoms with Crippen molar-refractivity contribution in [3.63, 3.8) is 0 Å². The molecule has 7 heteroatoms. The number of imide groups is 1. The molecule has 0 unspecified atom stereocenters. The lowest BCUT2D eigenvalue weighted by molar-refractivity contribution is -0.148. The maximum atomic E-state index is 12.3. The van der Waals surface area contributed by atoms with Crippen molar-refractivity contribution in [1.82, 2.24) is 4.90 Å². The van der Waals surface area contributed by atoms with Gasteiger partial charge in [-0.2, -0.15) is 0 Å². The molecule has 2 rings (SSSR count). The van der Waals surface area contributed by atoms with Gasteiger partial charge in [0.1, 0.15) is 6.04 Å². The van der Waals surface area contributed by atoms with E-state index >= 15 is 0 Å². The van der Waals surface area contributed by atoms with Gasteiger partial charge in [0.15, 0.2) is 0 Å². The number of nitrogens with zero attached hydrogens (tertiary/aromatic N) is 1. The molecule has 1 atom stereocenters. The molecule has 22 heavy (non-hydrogen) atoms. The van der Waals surface area contributed by atoms with Crippen LogP contribution in [0.1, 0.15) is 12.5 Å². The molecular weight excluding hydrogens is 322 g/mol. The van der Waals surface area contributed by atoms with Gasteiger partial charge in [0.05, 0.1) is 12.0 Å². The number of methoxy groups -OCH3 is 1. The smallest absolute Gasteiger partial charge is 0.328 e. The Morgan fingerprint density at radius 1 is 1.32 bits per heavy atom. The first-order valence-electron chi connectivity index (χ1n) is 6.47. The quantitative estimate of drug-likeness (QED) is 0.478. The summed E-state index contributed by atoms with van der Waals surface area (Å²) in [5.41, 5.74) is 0.828. The number of carbonyl (C=O) groups excluding carboxylic acids is 3. The van der Waals surface area contributed by atoms with Gasteiger partial charge < -0.3 is 4.74 Å². The first kappa shape index (κ1) is 16.6. The van der Waals surface area contributed by atoms with Crippen LogP contribution in [0.4, 0.5) is 4.79 Å². The molecule has 1 fully saturated rings. The van der Waals surface area contributed by atoms with Crippen LogP contribution in [0.3, 0.4) is 0 Å². The predicted molar refractivity (Wildman–Crippen MR) is 87.5 cm³/mol. The monoisotopic (exact) mass is 337 g/mol. The van der Waals surface area contributed by atoms with Crippen molar-refractivity contribution in [1.29, 1.82) is 0 Å². The van der Waals surface area contributed by atoms with E-state index in [1.165, 1.54) is 14.0 Å². The molecule has 1 heterocycles. The number of benzene rings is 1. The summed E-state index contributed by atoms with van der Waals surface area (Å²) in [7, 11) is 1.22. The molecule has 0 saturated carbocycles. The average Bonchev–Trinajstić information content (AvgIpc) is 2.80. The second kappa shape index (κ2) is 7.02. The lowest BCUT2D eigenvalue weighted by Gasteiger charge is -2.18. The maximum absolute atomic E-state index is 12.3. The number of amides is 2. The Hall–Kier alpha value is -1.73. The summed E-state index contributed by atoms with van der Waals surface area (Å²) in [6, 6.07) is 6.71. The lowest BCUT2D eigenvalue weighted by Crippen LogP contribution is -2.42. The van der Waals surface area contributed by atoms with Crippen LogP contribution in [-0.4, -0.2) is 41.4 Å². The standard InChI is InChI=1S/C15H15NO4S2/c1-9(14(18)20-2)16-13(17)12(22-15(16)19)8-10-4-6-11(21-3)7-5-10/h4-9H,1-3H3/b12-8-/t9-/m1/s1. The van der Waals surface area contributed by atoms with Crippen LogP contribution in [0.5, 0.6) is 0 Å². The summed E-state index contributed by atoms with van der Waals surface area (Å²) < 4.78 is 4.58. The van der Waals surface area contributed by atoms with Crippen molar-refractivity contribution < 1.29 is 19.1 Å². The number of rotatable bonds is 4. The molecule has 0 aromatic heterocycles. The Labute approximate surface area is 137 Å². The molecular formula is C15H15NO4S2. The lowest BCUT2D eigenvalue weighted by atomic mass is 10.2. The summed E-state index contributed by atoms with van der Waals surface area (Å²) in [5.74, 6) is -1.09. The van der Waals surface area contributed by atoms with Crippen LogP contribution in [-0.2, 0) is 14.3 Å². The number of carbonyl (C=O) groups is 3. The zero-order valence-electron chi connectivity index (χ0n) is 12.4. The van der Waals surface area contributed by atoms with Gasteiger partial charge in [0.25, 0.3) is 11.1 Å². The Balaban J connectivity index is 2.23. The third-order valence-corrected chi connectivity index (χ3v) is 4.79. The van der Waals surface area contributed by atoms with Crippen molar-refractivity contribution in [2.75, 3.05) is 13.4 Å². The largest absolute Gasteiger partial charge is 0.467 e. The highest BCUT2D eigenvalue weighted by Gasteiger charge is 2.41. The summed E-state index contributed by atoms with van der Waals surface area (Å²) >= 11 is 2.45. The third-order valence-electron chi connectivity index (χ3n) is 3.17. The fourth-order valence-corrected chi connectivity index (χ4v) is 3.26. The van der Waals surface area contributed by atoms with Gasteiger partial charge in [-0.3, -0.25) is 14.5 Å². The van der Waals surface area contributed by atoms with E-state index in [1.54, 1.807) is 17.8 Å². The molecule has 0 bridgehead atoms. The van der Waals surface area contributed by atoms with E-state index in [-0.39, 0.29) is 0 Å². The van der Waals surface area contributed by atoms with E-state index in [1.807, 2.05) is 30.5 Å². The maximum Gasteiger partial charge on any atom is 0.328 e. The van der Waals surface area contributed by atoms with E-state index in [2.05, 4.69) is 4.74 Å². The fourth-order valence-electron chi connectivity index (χ4n) is 1.94. The molecule has 0 spiro atoms. The van der Waals surface area contributed by atoms with Gasteiger partial charge in [-0.25, -0.2) is 4.79 Å². The Kier molecular flexibility index (Phi) is 5.31. The SMILES string of the molecule is COC(=O)[C@@H](C)N1C(=O)S/C(=C\c2ccc(SC)cc2)C1=O. The van der Waals surface area contributed by atoms with Crippen molar-refractivity contribution in [2.24, 2.45) is 0 Å². The number of ether oxygens (including phenoxy) is 1. The second-order valence-electron chi connectivity index (χ2n) is 4.52. The summed E-state index contributed by atoms with van der Waals surface area (Å²) in [4.78, 5) is 38.1. The summed E-state index contributed by atoms with van der Waals surface area (Å²) in [6.07, 6.45) is 3.63. The van der Waals surface area contributed by atoms with E-state index in [4.69, 9.17) is 0 Å². The van der Waals surface area contributed by atoms with Crippen LogP contribution in [0.2, 0.25) is 0 Å². The molecule has 5 nitrogen and oxygen atoms in total. The topological polar surface area (TPSA) is 63.7 Å². The molecule has 1 aromatic carbocycles. The van der Waals surface area contributed by atoms with E-state index in [0.29, 0.717) is 4.91 Å². The number of esters is 1. The van der Waals surface area contributed by atoms with Crippen LogP contribution < -0.4 is 0 Å². The second-order valence-corrected chi connectivity index (χ2v) is 6.40. The summed E-state index contributed by atoms with van der Waals surface area (Å²) in [6.45, 7) is 1.47. The number of hydrogen-bond donors (Lipinski definition) is 0. The molecule has 2 amide bonds. The number of thioether (sulfide) groups is 2. The van der Waals surface area contributed by atoms with Gasteiger partial charge in [0, 0.05) is 4.90 Å². The zero-order chi connectivity index (χ0) is 16.3. The first-order valence-corrected chi connectivity index (χ1v) is 8.51. The van der Waals surface area contributed by atoms with Gasteiger partial charge in [0.2, 0.25) is 0 Å². The third kappa shape index (κ3) is 3.36. The molecule has 1 saturated heterocycles. The number of hydrogen-bond acceptors (Lipinski definition) is 6. The van der Waals surface area contributed by atoms with Crippen molar-refractivity contribution in [2.45, 2.75) is 17.9 Å². The molecule has 0 N–H and O–H groups in total. The minimum Gasteiger partial charge on any atom is -0.467 e. The van der Waals surface area contributed by atoms with Crippen molar-refractivity contribution in [3.05, 3.63) is 34.7 Å². The highest BCUT2D eigenvalue weighted by molar-refractivity contribution is 8.18. The Morgan fingerprint density at radius 3 is 2.50 bits per heavy atom. The van der Waals surface area contributed by atoms with E-state index in [9.17, 15) is 14.4 Å².